The summed E-state index contributed by atoms with van der Waals surface area (Å²) in [5.74, 6) is 0. The first kappa shape index (κ1) is 8.53. The van der Waals surface area contributed by atoms with Crippen molar-refractivity contribution >= 4 is 6.21 Å². The number of nitrogens with zero attached hydrogens (tertiary/aromatic N) is 2. The highest BCUT2D eigenvalue weighted by atomic mass is 16.6. The highest BCUT2D eigenvalue weighted by molar-refractivity contribution is 5.52. The Balaban J connectivity index is 2.04. The van der Waals surface area contributed by atoms with Crippen LogP contribution in [0.25, 0.3) is 0 Å². The zero-order valence-corrected chi connectivity index (χ0v) is 7.12. The molecule has 3 heteroatoms. The first-order valence-corrected chi connectivity index (χ1v) is 4.26. The third kappa shape index (κ3) is 3.37. The highest BCUT2D eigenvalue weighted by Gasteiger charge is 2.08. The van der Waals surface area contributed by atoms with Crippen LogP contribution in [-0.4, -0.2) is 30.9 Å². The minimum atomic E-state index is 0.657. The topological polar surface area (TPSA) is 24.8 Å². The fourth-order valence-corrected chi connectivity index (χ4v) is 1.28. The van der Waals surface area contributed by atoms with Gasteiger partial charge in [0.1, 0.15) is 0 Å². The summed E-state index contributed by atoms with van der Waals surface area (Å²) in [5, 5.41) is 3.70. The minimum absolute atomic E-state index is 0.657. The van der Waals surface area contributed by atoms with Crippen LogP contribution in [0.4, 0.5) is 0 Å². The molecule has 0 spiro atoms. The molecule has 0 amide bonds. The van der Waals surface area contributed by atoms with Gasteiger partial charge >= 0.3 is 0 Å². The smallest absolute Gasteiger partial charge is 0.170 e. The third-order valence-corrected chi connectivity index (χ3v) is 1.87. The summed E-state index contributed by atoms with van der Waals surface area (Å²) in [6.07, 6.45) is 5.65. The van der Waals surface area contributed by atoms with Crippen LogP contribution < -0.4 is 0 Å². The normalized spacial score (nSPS) is 20.8. The molecule has 1 aliphatic rings. The fourth-order valence-electron chi connectivity index (χ4n) is 1.28. The Morgan fingerprint density at radius 1 is 1.36 bits per heavy atom. The number of likely N-dealkylation sites (tertiary alicyclic amines) is 1. The molecular formula is C8H16N2O. The van der Waals surface area contributed by atoms with Crippen molar-refractivity contribution in [1.82, 2.24) is 4.90 Å². The van der Waals surface area contributed by atoms with Crippen molar-refractivity contribution in [3.05, 3.63) is 0 Å². The summed E-state index contributed by atoms with van der Waals surface area (Å²) in [5.41, 5.74) is 0. The molecule has 11 heavy (non-hydrogen) atoms. The van der Waals surface area contributed by atoms with Crippen LogP contribution in [0.15, 0.2) is 5.16 Å². The molecule has 1 saturated heterocycles. The average molecular weight is 156 g/mol. The van der Waals surface area contributed by atoms with E-state index in [1.807, 2.05) is 6.92 Å². The van der Waals surface area contributed by atoms with Crippen molar-refractivity contribution in [3.63, 3.8) is 0 Å². The highest BCUT2D eigenvalue weighted by Crippen LogP contribution is 2.07. The molecule has 1 fully saturated rings. The van der Waals surface area contributed by atoms with Crippen LogP contribution in [0.1, 0.15) is 26.2 Å². The van der Waals surface area contributed by atoms with Gasteiger partial charge in [0.2, 0.25) is 0 Å². The van der Waals surface area contributed by atoms with Crippen molar-refractivity contribution < 1.29 is 4.84 Å². The summed E-state index contributed by atoms with van der Waals surface area (Å²) in [4.78, 5) is 7.31. The Kier molecular flexibility index (Phi) is 3.98. The number of rotatable bonds is 3. The van der Waals surface area contributed by atoms with Gasteiger partial charge in [0.15, 0.2) is 6.73 Å². The second kappa shape index (κ2) is 5.13. The summed E-state index contributed by atoms with van der Waals surface area (Å²) in [7, 11) is 0. The monoisotopic (exact) mass is 156 g/mol. The Labute approximate surface area is 68.0 Å². The lowest BCUT2D eigenvalue weighted by Crippen LogP contribution is -2.31. The van der Waals surface area contributed by atoms with Gasteiger partial charge in [-0.2, -0.15) is 0 Å². The van der Waals surface area contributed by atoms with Gasteiger partial charge in [-0.25, -0.2) is 0 Å². The molecule has 0 atom stereocenters. The predicted molar refractivity (Wildman–Crippen MR) is 45.5 cm³/mol. The van der Waals surface area contributed by atoms with E-state index in [0.29, 0.717) is 6.73 Å². The Morgan fingerprint density at radius 3 is 2.73 bits per heavy atom. The predicted octanol–water partition coefficient (Wildman–Crippen LogP) is 1.45. The minimum Gasteiger partial charge on any atom is -0.380 e. The second-order valence-electron chi connectivity index (χ2n) is 2.80. The molecule has 0 saturated carbocycles. The van der Waals surface area contributed by atoms with E-state index in [0.717, 1.165) is 0 Å². The van der Waals surface area contributed by atoms with Gasteiger partial charge in [0.05, 0.1) is 0 Å². The summed E-state index contributed by atoms with van der Waals surface area (Å²) >= 11 is 0. The van der Waals surface area contributed by atoms with E-state index in [2.05, 4.69) is 10.1 Å². The van der Waals surface area contributed by atoms with E-state index in [9.17, 15) is 0 Å². The van der Waals surface area contributed by atoms with E-state index < -0.39 is 0 Å². The van der Waals surface area contributed by atoms with Gasteiger partial charge in [-0.15, -0.1) is 0 Å². The molecule has 1 aliphatic heterocycles. The van der Waals surface area contributed by atoms with Gasteiger partial charge in [0, 0.05) is 19.3 Å². The Morgan fingerprint density at radius 2 is 2.09 bits per heavy atom. The quantitative estimate of drug-likeness (QED) is 0.456. The fraction of sp³-hybridized carbons (Fsp3) is 0.875. The molecule has 0 N–H and O–H groups in total. The molecule has 0 aromatic carbocycles. The van der Waals surface area contributed by atoms with Crippen molar-refractivity contribution in [2.24, 2.45) is 5.16 Å². The van der Waals surface area contributed by atoms with Crippen molar-refractivity contribution in [2.45, 2.75) is 26.2 Å². The van der Waals surface area contributed by atoms with Gasteiger partial charge in [-0.05, 0) is 19.8 Å². The van der Waals surface area contributed by atoms with Crippen LogP contribution in [-0.2, 0) is 4.84 Å². The number of hydrogen-bond acceptors (Lipinski definition) is 3. The first-order chi connectivity index (χ1) is 5.43. The zero-order valence-electron chi connectivity index (χ0n) is 7.12. The first-order valence-electron chi connectivity index (χ1n) is 4.26. The van der Waals surface area contributed by atoms with E-state index in [-0.39, 0.29) is 0 Å². The second-order valence-corrected chi connectivity index (χ2v) is 2.80. The maximum absolute atomic E-state index is 5.02. The number of hydrogen-bond donors (Lipinski definition) is 0. The summed E-state index contributed by atoms with van der Waals surface area (Å²) < 4.78 is 0. The van der Waals surface area contributed by atoms with E-state index in [1.165, 1.54) is 32.4 Å². The van der Waals surface area contributed by atoms with Gasteiger partial charge < -0.3 is 4.84 Å². The Hall–Kier alpha value is -0.570. The standard InChI is InChI=1S/C8H16N2O/c1-2-9-11-8-10-6-4-3-5-7-10/h2H,3-8H2,1H3/b9-2-. The zero-order chi connectivity index (χ0) is 7.94. The molecule has 0 aliphatic carbocycles. The van der Waals surface area contributed by atoms with Crippen molar-refractivity contribution in [1.29, 1.82) is 0 Å². The van der Waals surface area contributed by atoms with Crippen LogP contribution in [0.5, 0.6) is 0 Å². The summed E-state index contributed by atoms with van der Waals surface area (Å²) in [6, 6.07) is 0. The van der Waals surface area contributed by atoms with Crippen LogP contribution in [0, 0.1) is 0 Å². The average Bonchev–Trinajstić information content (AvgIpc) is 2.07. The van der Waals surface area contributed by atoms with Crippen LogP contribution in [0.3, 0.4) is 0 Å². The van der Waals surface area contributed by atoms with Crippen molar-refractivity contribution in [2.75, 3.05) is 19.8 Å². The lowest BCUT2D eigenvalue weighted by atomic mass is 10.1. The maximum Gasteiger partial charge on any atom is 0.170 e. The lowest BCUT2D eigenvalue weighted by Gasteiger charge is -2.24. The van der Waals surface area contributed by atoms with Crippen LogP contribution >= 0.6 is 0 Å². The van der Waals surface area contributed by atoms with E-state index in [1.54, 1.807) is 6.21 Å². The molecule has 0 radical (unpaired) electrons. The number of piperidine rings is 1. The molecule has 1 heterocycles. The Bertz CT molecular complexity index is 119. The SMILES string of the molecule is C/C=N\OCN1CCCCC1. The molecule has 64 valence electrons. The van der Waals surface area contributed by atoms with Crippen LogP contribution in [0.2, 0.25) is 0 Å². The van der Waals surface area contributed by atoms with E-state index >= 15 is 0 Å². The lowest BCUT2D eigenvalue weighted by molar-refractivity contribution is 0.0230. The number of oxime groups is 1. The molecule has 0 aromatic heterocycles. The molecule has 0 unspecified atom stereocenters. The third-order valence-electron chi connectivity index (χ3n) is 1.87. The molecule has 0 aromatic rings. The summed E-state index contributed by atoms with van der Waals surface area (Å²) in [6.45, 7) is 4.85. The van der Waals surface area contributed by atoms with Gasteiger partial charge in [0.25, 0.3) is 0 Å². The molecular weight excluding hydrogens is 140 g/mol. The van der Waals surface area contributed by atoms with E-state index in [4.69, 9.17) is 4.84 Å². The van der Waals surface area contributed by atoms with Gasteiger partial charge in [-0.3, -0.25) is 4.90 Å². The molecule has 0 bridgehead atoms. The largest absolute Gasteiger partial charge is 0.380 e. The van der Waals surface area contributed by atoms with Gasteiger partial charge in [-0.1, -0.05) is 11.6 Å². The molecule has 1 rings (SSSR count). The molecule has 3 nitrogen and oxygen atoms in total. The maximum atomic E-state index is 5.02. The van der Waals surface area contributed by atoms with Crippen molar-refractivity contribution in [3.8, 4) is 0 Å².